The Hall–Kier alpha value is -1.41. The molecule has 0 aliphatic heterocycles. The van der Waals surface area contributed by atoms with E-state index in [0.717, 1.165) is 17.8 Å². The Labute approximate surface area is 108 Å². The van der Waals surface area contributed by atoms with Gasteiger partial charge in [0.2, 0.25) is 0 Å². The van der Waals surface area contributed by atoms with Gasteiger partial charge in [-0.2, -0.15) is 13.2 Å². The lowest BCUT2D eigenvalue weighted by Crippen LogP contribution is -2.07. The lowest BCUT2D eigenvalue weighted by atomic mass is 10.1. The van der Waals surface area contributed by atoms with Crippen molar-refractivity contribution in [2.75, 3.05) is 5.75 Å². The Morgan fingerprint density at radius 1 is 1.39 bits per heavy atom. The number of carbonyl (C=O) groups excluding carboxylic acids is 1. The molecule has 0 radical (unpaired) electrons. The molecule has 0 unspecified atom stereocenters. The number of hydrogen-bond donors (Lipinski definition) is 0. The van der Waals surface area contributed by atoms with Crippen molar-refractivity contribution in [2.45, 2.75) is 20.0 Å². The standard InChI is InChI=1S/C13H11F3OS/c1-9-8-11(4-3-7-18-10(2)17)5-6-12(9)13(14,15)16/h5-6,8H,7H2,1-2H3. The molecule has 0 aliphatic carbocycles. The second-order valence-electron chi connectivity index (χ2n) is 3.61. The summed E-state index contributed by atoms with van der Waals surface area (Å²) in [5.74, 6) is 5.80. The molecule has 0 aromatic heterocycles. The molecule has 0 saturated heterocycles. The van der Waals surface area contributed by atoms with Crippen LogP contribution in [0.1, 0.15) is 23.6 Å². The molecule has 1 aromatic carbocycles. The summed E-state index contributed by atoms with van der Waals surface area (Å²) < 4.78 is 37.5. The number of hydrogen-bond acceptors (Lipinski definition) is 2. The van der Waals surface area contributed by atoms with Gasteiger partial charge in [0, 0.05) is 12.5 Å². The zero-order chi connectivity index (χ0) is 13.8. The highest BCUT2D eigenvalue weighted by atomic mass is 32.2. The fourth-order valence-corrected chi connectivity index (χ4v) is 1.68. The fraction of sp³-hybridized carbons (Fsp3) is 0.308. The predicted octanol–water partition coefficient (Wildman–Crippen LogP) is 3.65. The minimum Gasteiger partial charge on any atom is -0.288 e. The highest BCUT2D eigenvalue weighted by Gasteiger charge is 2.31. The molecule has 1 rings (SSSR count). The van der Waals surface area contributed by atoms with E-state index in [1.807, 2.05) is 0 Å². The number of carbonyl (C=O) groups is 1. The molecular weight excluding hydrogens is 261 g/mol. The van der Waals surface area contributed by atoms with Crippen LogP contribution in [0, 0.1) is 18.8 Å². The SMILES string of the molecule is CC(=O)SCC#Cc1ccc(C(F)(F)F)c(C)c1. The molecule has 0 heterocycles. The number of thioether (sulfide) groups is 1. The van der Waals surface area contributed by atoms with Crippen LogP contribution in [0.3, 0.4) is 0 Å². The number of aryl methyl sites for hydroxylation is 1. The Morgan fingerprint density at radius 2 is 2.06 bits per heavy atom. The quantitative estimate of drug-likeness (QED) is 0.726. The Bertz CT molecular complexity index is 509. The average Bonchev–Trinajstić information content (AvgIpc) is 2.22. The summed E-state index contributed by atoms with van der Waals surface area (Å²) in [5, 5.41) is -0.0344. The van der Waals surface area contributed by atoms with Crippen molar-refractivity contribution in [3.05, 3.63) is 34.9 Å². The highest BCUT2D eigenvalue weighted by molar-refractivity contribution is 8.13. The first-order chi connectivity index (χ1) is 8.30. The third-order valence-corrected chi connectivity index (χ3v) is 2.81. The molecule has 5 heteroatoms. The maximum absolute atomic E-state index is 12.5. The molecule has 96 valence electrons. The van der Waals surface area contributed by atoms with E-state index in [2.05, 4.69) is 11.8 Å². The van der Waals surface area contributed by atoms with E-state index in [-0.39, 0.29) is 10.7 Å². The van der Waals surface area contributed by atoms with Crippen LogP contribution in [-0.4, -0.2) is 10.9 Å². The van der Waals surface area contributed by atoms with Crippen LogP contribution in [0.5, 0.6) is 0 Å². The molecule has 18 heavy (non-hydrogen) atoms. The Balaban J connectivity index is 2.82. The third-order valence-electron chi connectivity index (χ3n) is 2.11. The topological polar surface area (TPSA) is 17.1 Å². The second-order valence-corrected chi connectivity index (χ2v) is 4.76. The number of halogens is 3. The number of rotatable bonds is 1. The summed E-state index contributed by atoms with van der Waals surface area (Å²) in [7, 11) is 0. The average molecular weight is 272 g/mol. The molecule has 0 aliphatic rings. The number of benzene rings is 1. The zero-order valence-corrected chi connectivity index (χ0v) is 10.7. The second kappa shape index (κ2) is 5.96. The maximum Gasteiger partial charge on any atom is 0.416 e. The zero-order valence-electron chi connectivity index (χ0n) is 9.89. The molecular formula is C13H11F3OS. The summed E-state index contributed by atoms with van der Waals surface area (Å²) in [5.41, 5.74) is 0.0179. The number of alkyl halides is 3. The first-order valence-corrected chi connectivity index (χ1v) is 6.09. The lowest BCUT2D eigenvalue weighted by Gasteiger charge is -2.09. The highest BCUT2D eigenvalue weighted by Crippen LogP contribution is 2.31. The fourth-order valence-electron chi connectivity index (χ4n) is 1.34. The predicted molar refractivity (Wildman–Crippen MR) is 66.2 cm³/mol. The van der Waals surface area contributed by atoms with E-state index in [1.54, 1.807) is 0 Å². The molecule has 0 atom stereocenters. The van der Waals surface area contributed by atoms with E-state index in [9.17, 15) is 18.0 Å². The van der Waals surface area contributed by atoms with Gasteiger partial charge >= 0.3 is 6.18 Å². The smallest absolute Gasteiger partial charge is 0.288 e. The van der Waals surface area contributed by atoms with Gasteiger partial charge in [0.1, 0.15) is 0 Å². The van der Waals surface area contributed by atoms with Gasteiger partial charge in [0.05, 0.1) is 11.3 Å². The van der Waals surface area contributed by atoms with Crippen molar-refractivity contribution in [3.8, 4) is 11.8 Å². The lowest BCUT2D eigenvalue weighted by molar-refractivity contribution is -0.138. The summed E-state index contributed by atoms with van der Waals surface area (Å²) in [6, 6.07) is 3.76. The minimum absolute atomic E-state index is 0.0344. The van der Waals surface area contributed by atoms with E-state index in [1.165, 1.54) is 26.0 Å². The van der Waals surface area contributed by atoms with Gasteiger partial charge < -0.3 is 0 Å². The summed E-state index contributed by atoms with van der Waals surface area (Å²) >= 11 is 1.07. The Morgan fingerprint density at radius 3 is 2.56 bits per heavy atom. The molecule has 0 N–H and O–H groups in total. The van der Waals surface area contributed by atoms with E-state index in [0.29, 0.717) is 11.3 Å². The molecule has 1 aromatic rings. The molecule has 0 amide bonds. The maximum atomic E-state index is 12.5. The van der Waals surface area contributed by atoms with Crippen molar-refractivity contribution in [1.29, 1.82) is 0 Å². The molecule has 0 fully saturated rings. The van der Waals surface area contributed by atoms with Gasteiger partial charge in [-0.25, -0.2) is 0 Å². The van der Waals surface area contributed by atoms with Crippen LogP contribution in [0.2, 0.25) is 0 Å². The van der Waals surface area contributed by atoms with Crippen molar-refractivity contribution in [3.63, 3.8) is 0 Å². The van der Waals surface area contributed by atoms with E-state index < -0.39 is 11.7 Å². The van der Waals surface area contributed by atoms with Gasteiger partial charge in [-0.05, 0) is 30.7 Å². The van der Waals surface area contributed by atoms with Crippen LogP contribution >= 0.6 is 11.8 Å². The summed E-state index contributed by atoms with van der Waals surface area (Å²) in [6.45, 7) is 2.84. The van der Waals surface area contributed by atoms with Crippen molar-refractivity contribution < 1.29 is 18.0 Å². The molecule has 0 bridgehead atoms. The van der Waals surface area contributed by atoms with Crippen LogP contribution in [0.4, 0.5) is 13.2 Å². The largest absolute Gasteiger partial charge is 0.416 e. The van der Waals surface area contributed by atoms with Gasteiger partial charge in [0.15, 0.2) is 5.12 Å². The van der Waals surface area contributed by atoms with Crippen molar-refractivity contribution in [2.24, 2.45) is 0 Å². The first-order valence-electron chi connectivity index (χ1n) is 5.11. The van der Waals surface area contributed by atoms with E-state index >= 15 is 0 Å². The van der Waals surface area contributed by atoms with Crippen LogP contribution < -0.4 is 0 Å². The van der Waals surface area contributed by atoms with Crippen molar-refractivity contribution >= 4 is 16.9 Å². The molecule has 1 nitrogen and oxygen atoms in total. The van der Waals surface area contributed by atoms with Crippen LogP contribution in [-0.2, 0) is 11.0 Å². The van der Waals surface area contributed by atoms with Gasteiger partial charge in [0.25, 0.3) is 0 Å². The molecule has 0 saturated carbocycles. The normalized spacial score (nSPS) is 10.7. The van der Waals surface area contributed by atoms with Gasteiger partial charge in [-0.15, -0.1) is 0 Å². The van der Waals surface area contributed by atoms with Gasteiger partial charge in [-0.3, -0.25) is 4.79 Å². The van der Waals surface area contributed by atoms with E-state index in [4.69, 9.17) is 0 Å². The summed E-state index contributed by atoms with van der Waals surface area (Å²) in [4.78, 5) is 10.6. The monoisotopic (exact) mass is 272 g/mol. The van der Waals surface area contributed by atoms with Crippen molar-refractivity contribution in [1.82, 2.24) is 0 Å². The minimum atomic E-state index is -4.33. The Kier molecular flexibility index (Phi) is 4.85. The third kappa shape index (κ3) is 4.46. The van der Waals surface area contributed by atoms with Gasteiger partial charge in [-0.1, -0.05) is 23.6 Å². The first kappa shape index (κ1) is 14.7. The van der Waals surface area contributed by atoms with Crippen LogP contribution in [0.15, 0.2) is 18.2 Å². The van der Waals surface area contributed by atoms with Crippen LogP contribution in [0.25, 0.3) is 0 Å². The summed E-state index contributed by atoms with van der Waals surface area (Å²) in [6.07, 6.45) is -4.33. The molecule has 0 spiro atoms.